The highest BCUT2D eigenvalue weighted by molar-refractivity contribution is 7.91. The van der Waals surface area contributed by atoms with E-state index in [2.05, 4.69) is 4.90 Å². The Morgan fingerprint density at radius 1 is 1.06 bits per heavy atom. The third kappa shape index (κ3) is 6.28. The number of nitrogens with zero attached hydrogens (tertiary/aromatic N) is 3. The fourth-order valence-corrected chi connectivity index (χ4v) is 5.89. The van der Waals surface area contributed by atoms with Gasteiger partial charge in [0.2, 0.25) is 5.91 Å². The van der Waals surface area contributed by atoms with Gasteiger partial charge in [0.05, 0.1) is 20.9 Å². The number of hydrogen-bond acceptors (Lipinski definition) is 6. The number of para-hydroxylation sites is 1. The first kappa shape index (κ1) is 24.6. The van der Waals surface area contributed by atoms with E-state index >= 15 is 0 Å². The molecular formula is C23H28ClN3O3S2. The van der Waals surface area contributed by atoms with Gasteiger partial charge < -0.3 is 4.90 Å². The first-order valence-electron chi connectivity index (χ1n) is 10.5. The van der Waals surface area contributed by atoms with E-state index in [0.717, 1.165) is 28.7 Å². The minimum atomic E-state index is -3.47. The van der Waals surface area contributed by atoms with Crippen molar-refractivity contribution in [2.75, 3.05) is 37.8 Å². The quantitative estimate of drug-likeness (QED) is 0.406. The fourth-order valence-electron chi connectivity index (χ4n) is 3.37. The summed E-state index contributed by atoms with van der Waals surface area (Å²) in [7, 11) is 0.523. The van der Waals surface area contributed by atoms with Crippen LogP contribution < -0.4 is 4.90 Å². The summed E-state index contributed by atoms with van der Waals surface area (Å²) in [5.74, 6) is -0.197. The highest BCUT2D eigenvalue weighted by atomic mass is 35.5. The Bertz CT molecular complexity index is 1170. The molecule has 0 bridgehead atoms. The molecule has 0 radical (unpaired) electrons. The zero-order valence-corrected chi connectivity index (χ0v) is 20.9. The van der Waals surface area contributed by atoms with Gasteiger partial charge in [0.15, 0.2) is 15.0 Å². The number of amides is 1. The van der Waals surface area contributed by atoms with Crippen LogP contribution in [0.5, 0.6) is 0 Å². The topological polar surface area (TPSA) is 70.6 Å². The number of aryl methyl sites for hydroxylation is 1. The van der Waals surface area contributed by atoms with Crippen LogP contribution in [0.3, 0.4) is 0 Å². The van der Waals surface area contributed by atoms with Gasteiger partial charge in [0.1, 0.15) is 0 Å². The minimum Gasteiger partial charge on any atom is -0.309 e. The van der Waals surface area contributed by atoms with Gasteiger partial charge in [0.25, 0.3) is 0 Å². The molecule has 32 heavy (non-hydrogen) atoms. The Kier molecular flexibility index (Phi) is 8.27. The molecule has 6 nitrogen and oxygen atoms in total. The van der Waals surface area contributed by atoms with Gasteiger partial charge in [0, 0.05) is 18.0 Å². The first-order chi connectivity index (χ1) is 15.2. The molecule has 1 heterocycles. The largest absolute Gasteiger partial charge is 0.309 e. The Hall–Kier alpha value is -2.00. The number of rotatable bonds is 10. The average Bonchev–Trinajstić information content (AvgIpc) is 3.16. The number of anilines is 1. The number of hydrogen-bond donors (Lipinski definition) is 0. The van der Waals surface area contributed by atoms with Crippen LogP contribution in [0.4, 0.5) is 5.13 Å². The van der Waals surface area contributed by atoms with Crippen LogP contribution in [0.1, 0.15) is 24.8 Å². The molecule has 2 aromatic carbocycles. The number of thiazole rings is 1. The molecule has 1 amide bonds. The lowest BCUT2D eigenvalue weighted by atomic mass is 10.2. The summed E-state index contributed by atoms with van der Waals surface area (Å²) in [4.78, 5) is 21.8. The number of fused-ring (bicyclic) bond motifs is 1. The van der Waals surface area contributed by atoms with Crippen LogP contribution in [-0.4, -0.2) is 57.1 Å². The van der Waals surface area contributed by atoms with Crippen LogP contribution in [-0.2, 0) is 14.6 Å². The van der Waals surface area contributed by atoms with Gasteiger partial charge in [-0.05, 0) is 76.3 Å². The molecule has 3 rings (SSSR count). The number of benzene rings is 2. The van der Waals surface area contributed by atoms with Crippen LogP contribution >= 0.6 is 22.9 Å². The summed E-state index contributed by atoms with van der Waals surface area (Å²) in [6, 6.07) is 12.1. The zero-order chi connectivity index (χ0) is 23.3. The number of carbonyl (C=O) groups excluding carboxylic acids is 1. The predicted octanol–water partition coefficient (Wildman–Crippen LogP) is 4.80. The van der Waals surface area contributed by atoms with E-state index in [-0.39, 0.29) is 29.4 Å². The minimum absolute atomic E-state index is 0.0924. The Balaban J connectivity index is 1.71. The van der Waals surface area contributed by atoms with Crippen molar-refractivity contribution < 1.29 is 13.2 Å². The van der Waals surface area contributed by atoms with Crippen molar-refractivity contribution in [1.29, 1.82) is 0 Å². The number of halogens is 1. The summed E-state index contributed by atoms with van der Waals surface area (Å²) in [5.41, 5.74) is 1.97. The van der Waals surface area contributed by atoms with Gasteiger partial charge in [-0.2, -0.15) is 0 Å². The van der Waals surface area contributed by atoms with Crippen LogP contribution in [0.25, 0.3) is 10.2 Å². The van der Waals surface area contributed by atoms with E-state index in [0.29, 0.717) is 16.7 Å². The first-order valence-corrected chi connectivity index (χ1v) is 13.3. The van der Waals surface area contributed by atoms with Gasteiger partial charge in [-0.3, -0.25) is 9.69 Å². The molecule has 3 aromatic rings. The number of sulfone groups is 1. The lowest BCUT2D eigenvalue weighted by Gasteiger charge is -2.21. The second-order valence-electron chi connectivity index (χ2n) is 8.00. The van der Waals surface area contributed by atoms with E-state index in [1.54, 1.807) is 17.0 Å². The maximum atomic E-state index is 13.1. The lowest BCUT2D eigenvalue weighted by Crippen LogP contribution is -2.33. The van der Waals surface area contributed by atoms with E-state index in [1.165, 1.54) is 23.5 Å². The lowest BCUT2D eigenvalue weighted by molar-refractivity contribution is -0.118. The second-order valence-corrected chi connectivity index (χ2v) is 11.6. The monoisotopic (exact) mass is 493 g/mol. The molecule has 0 aliphatic rings. The van der Waals surface area contributed by atoms with Crippen LogP contribution in [0.15, 0.2) is 47.4 Å². The second kappa shape index (κ2) is 10.7. The van der Waals surface area contributed by atoms with Crippen molar-refractivity contribution in [2.45, 2.75) is 31.1 Å². The molecule has 0 saturated carbocycles. The molecule has 9 heteroatoms. The van der Waals surface area contributed by atoms with Crippen molar-refractivity contribution in [3.63, 3.8) is 0 Å². The molecule has 0 unspecified atom stereocenters. The SMILES string of the molecule is Cc1cccc2sc(N(CCCN(C)C)C(=O)CCCS(=O)(=O)c3ccc(Cl)cc3)nc12. The summed E-state index contributed by atoms with van der Waals surface area (Å²) in [6.07, 6.45) is 1.19. The molecule has 0 aliphatic heterocycles. The Morgan fingerprint density at radius 3 is 2.44 bits per heavy atom. The molecule has 0 saturated heterocycles. The van der Waals surface area contributed by atoms with Crippen LogP contribution in [0.2, 0.25) is 5.02 Å². The summed E-state index contributed by atoms with van der Waals surface area (Å²) >= 11 is 7.34. The van der Waals surface area contributed by atoms with E-state index in [1.807, 2.05) is 39.2 Å². The van der Waals surface area contributed by atoms with Gasteiger partial charge in [-0.25, -0.2) is 13.4 Å². The summed E-state index contributed by atoms with van der Waals surface area (Å²) in [6.45, 7) is 3.39. The molecule has 0 N–H and O–H groups in total. The maximum Gasteiger partial charge on any atom is 0.228 e. The van der Waals surface area contributed by atoms with Crippen molar-refractivity contribution >= 4 is 54.0 Å². The number of carbonyl (C=O) groups is 1. The molecule has 0 fully saturated rings. The molecule has 0 atom stereocenters. The van der Waals surface area contributed by atoms with Gasteiger partial charge >= 0.3 is 0 Å². The maximum absolute atomic E-state index is 13.1. The molecular weight excluding hydrogens is 466 g/mol. The van der Waals surface area contributed by atoms with Gasteiger partial charge in [-0.1, -0.05) is 35.1 Å². The van der Waals surface area contributed by atoms with E-state index in [4.69, 9.17) is 16.6 Å². The van der Waals surface area contributed by atoms with E-state index in [9.17, 15) is 13.2 Å². The highest BCUT2D eigenvalue weighted by Gasteiger charge is 2.21. The van der Waals surface area contributed by atoms with Crippen LogP contribution in [0, 0.1) is 6.92 Å². The zero-order valence-electron chi connectivity index (χ0n) is 18.5. The Labute approximate surface area is 198 Å². The van der Waals surface area contributed by atoms with E-state index < -0.39 is 9.84 Å². The Morgan fingerprint density at radius 2 is 1.78 bits per heavy atom. The van der Waals surface area contributed by atoms with Crippen molar-refractivity contribution in [2.24, 2.45) is 0 Å². The van der Waals surface area contributed by atoms with Crippen molar-refractivity contribution in [3.05, 3.63) is 53.1 Å². The number of aromatic nitrogens is 1. The van der Waals surface area contributed by atoms with Gasteiger partial charge in [-0.15, -0.1) is 0 Å². The molecule has 1 aromatic heterocycles. The third-order valence-electron chi connectivity index (χ3n) is 5.10. The summed E-state index contributed by atoms with van der Waals surface area (Å²) < 4.78 is 26.2. The predicted molar refractivity (Wildman–Crippen MR) is 133 cm³/mol. The summed E-state index contributed by atoms with van der Waals surface area (Å²) in [5, 5.41) is 1.15. The average molecular weight is 494 g/mol. The molecule has 0 spiro atoms. The molecule has 172 valence electrons. The van der Waals surface area contributed by atoms with Crippen molar-refractivity contribution in [1.82, 2.24) is 9.88 Å². The normalized spacial score (nSPS) is 11.9. The fraction of sp³-hybridized carbons (Fsp3) is 0.391. The standard InChI is InChI=1S/C23H28ClN3O3S2/c1-17-7-4-8-20-22(17)25-23(31-20)27(15-6-14-26(2)3)21(28)9-5-16-32(29,30)19-12-10-18(24)11-13-19/h4,7-8,10-13H,5-6,9,14-16H2,1-3H3. The third-order valence-corrected chi connectivity index (χ3v) is 8.22. The van der Waals surface area contributed by atoms with Crippen molar-refractivity contribution in [3.8, 4) is 0 Å². The smallest absolute Gasteiger partial charge is 0.228 e. The molecule has 0 aliphatic carbocycles. The highest BCUT2D eigenvalue weighted by Crippen LogP contribution is 2.31.